The number of para-hydroxylation sites is 1. The Kier molecular flexibility index (Phi) is 7.50. The molecule has 2 heterocycles. The lowest BCUT2D eigenvalue weighted by atomic mass is 9.94. The van der Waals surface area contributed by atoms with Gasteiger partial charge in [0, 0.05) is 18.7 Å². The molecule has 0 aliphatic carbocycles. The van der Waals surface area contributed by atoms with E-state index in [9.17, 15) is 9.59 Å². The number of aromatic nitrogens is 1. The van der Waals surface area contributed by atoms with E-state index in [0.29, 0.717) is 60.6 Å². The lowest BCUT2D eigenvalue weighted by Crippen LogP contribution is -2.43. The second-order valence-electron chi connectivity index (χ2n) is 7.94. The van der Waals surface area contributed by atoms with E-state index in [1.165, 1.54) is 11.3 Å². The highest BCUT2D eigenvalue weighted by molar-refractivity contribution is 7.07. The molecule has 3 aromatic rings. The Morgan fingerprint density at radius 1 is 1.17 bits per heavy atom. The number of nitrogens with zero attached hydrogens (tertiary/aromatic N) is 3. The van der Waals surface area contributed by atoms with Gasteiger partial charge in [-0.05, 0) is 44.5 Å². The molecule has 0 bridgehead atoms. The number of methoxy groups -OCH3 is 1. The summed E-state index contributed by atoms with van der Waals surface area (Å²) in [7, 11) is 1.58. The Labute approximate surface area is 217 Å². The Balaban J connectivity index is 2.02. The minimum atomic E-state index is -0.688. The van der Waals surface area contributed by atoms with Gasteiger partial charge in [0.05, 0.1) is 33.0 Å². The average molecular weight is 530 g/mol. The van der Waals surface area contributed by atoms with Gasteiger partial charge in [-0.25, -0.2) is 4.99 Å². The number of likely N-dealkylation sites (N-methyl/N-ethyl adjacent to an activating group) is 1. The first kappa shape index (κ1) is 25.2. The highest BCUT2D eigenvalue weighted by Gasteiger charge is 2.35. The fourth-order valence-corrected chi connectivity index (χ4v) is 5.64. The van der Waals surface area contributed by atoms with Crippen molar-refractivity contribution in [3.63, 3.8) is 0 Å². The zero-order chi connectivity index (χ0) is 25.3. The molecule has 1 aliphatic heterocycles. The molecule has 0 saturated carbocycles. The molecule has 0 N–H and O–H groups in total. The molecular formula is C26H25Cl2N3O3S. The molecule has 182 valence electrons. The summed E-state index contributed by atoms with van der Waals surface area (Å²) in [6, 6.07) is 12.0. The Hall–Kier alpha value is -2.87. The van der Waals surface area contributed by atoms with Crippen LogP contribution in [0.4, 0.5) is 0 Å². The quantitative estimate of drug-likeness (QED) is 0.474. The van der Waals surface area contributed by atoms with Crippen LogP contribution in [0.3, 0.4) is 0 Å². The van der Waals surface area contributed by atoms with E-state index in [0.717, 1.165) is 0 Å². The molecule has 35 heavy (non-hydrogen) atoms. The molecule has 1 aromatic heterocycles. The molecule has 0 saturated heterocycles. The van der Waals surface area contributed by atoms with Gasteiger partial charge in [0.15, 0.2) is 4.80 Å². The molecule has 4 rings (SSSR count). The van der Waals surface area contributed by atoms with Crippen LogP contribution in [0.2, 0.25) is 10.0 Å². The third-order valence-electron chi connectivity index (χ3n) is 6.00. The van der Waals surface area contributed by atoms with E-state index in [2.05, 4.69) is 4.99 Å². The topological polar surface area (TPSA) is 63.9 Å². The number of rotatable bonds is 6. The normalized spacial score (nSPS) is 15.6. The number of thiazole rings is 1. The Bertz CT molecular complexity index is 1500. The van der Waals surface area contributed by atoms with Crippen LogP contribution in [0.15, 0.2) is 63.5 Å². The fourth-order valence-electron chi connectivity index (χ4n) is 4.24. The maximum absolute atomic E-state index is 13.8. The third-order valence-corrected chi connectivity index (χ3v) is 7.82. The maximum atomic E-state index is 13.8. The zero-order valence-electron chi connectivity index (χ0n) is 19.8. The molecule has 2 aromatic carbocycles. The predicted octanol–water partition coefficient (Wildman–Crippen LogP) is 4.42. The molecule has 0 spiro atoms. The molecule has 0 radical (unpaired) electrons. The molecular weight excluding hydrogens is 505 g/mol. The van der Waals surface area contributed by atoms with Crippen LogP contribution >= 0.6 is 34.5 Å². The number of benzene rings is 2. The van der Waals surface area contributed by atoms with Gasteiger partial charge < -0.3 is 9.64 Å². The first-order valence-corrected chi connectivity index (χ1v) is 12.8. The van der Waals surface area contributed by atoms with Crippen molar-refractivity contribution < 1.29 is 9.53 Å². The number of halogens is 2. The predicted molar refractivity (Wildman–Crippen MR) is 141 cm³/mol. The average Bonchev–Trinajstić information content (AvgIpc) is 3.16. The van der Waals surface area contributed by atoms with Crippen LogP contribution < -0.4 is 19.6 Å². The molecule has 6 nitrogen and oxygen atoms in total. The number of allylic oxidation sites excluding steroid dienone is 1. The van der Waals surface area contributed by atoms with Crippen LogP contribution in [-0.2, 0) is 4.79 Å². The van der Waals surface area contributed by atoms with Crippen LogP contribution in [0.25, 0.3) is 6.08 Å². The van der Waals surface area contributed by atoms with E-state index in [1.54, 1.807) is 40.9 Å². The van der Waals surface area contributed by atoms with Crippen LogP contribution in [0, 0.1) is 0 Å². The minimum absolute atomic E-state index is 0.153. The van der Waals surface area contributed by atoms with Gasteiger partial charge in [-0.2, -0.15) is 0 Å². The van der Waals surface area contributed by atoms with E-state index in [-0.39, 0.29) is 11.5 Å². The number of carbonyl (C=O) groups excluding carboxylic acids is 1. The van der Waals surface area contributed by atoms with Crippen LogP contribution in [0.5, 0.6) is 5.75 Å². The number of ether oxygens (including phenoxy) is 1. The van der Waals surface area contributed by atoms with Gasteiger partial charge in [0.2, 0.25) is 0 Å². The van der Waals surface area contributed by atoms with E-state index < -0.39 is 6.04 Å². The van der Waals surface area contributed by atoms with Crippen LogP contribution in [0.1, 0.15) is 37.9 Å². The number of fused-ring (bicyclic) bond motifs is 1. The van der Waals surface area contributed by atoms with Gasteiger partial charge >= 0.3 is 0 Å². The van der Waals surface area contributed by atoms with Gasteiger partial charge in [-0.3, -0.25) is 14.2 Å². The highest BCUT2D eigenvalue weighted by atomic mass is 35.5. The van der Waals surface area contributed by atoms with Crippen molar-refractivity contribution in [2.45, 2.75) is 26.8 Å². The summed E-state index contributed by atoms with van der Waals surface area (Å²) < 4.78 is 7.65. The van der Waals surface area contributed by atoms with Crippen molar-refractivity contribution in [1.29, 1.82) is 0 Å². The molecule has 1 atom stereocenters. The van der Waals surface area contributed by atoms with Crippen LogP contribution in [-0.4, -0.2) is 35.6 Å². The smallest absolute Gasteiger partial charge is 0.271 e. The summed E-state index contributed by atoms with van der Waals surface area (Å²) in [4.78, 5) is 34.4. The van der Waals surface area contributed by atoms with Gasteiger partial charge in [0.1, 0.15) is 11.8 Å². The summed E-state index contributed by atoms with van der Waals surface area (Å²) in [6.07, 6.45) is 1.71. The van der Waals surface area contributed by atoms with Gasteiger partial charge in [-0.15, -0.1) is 0 Å². The van der Waals surface area contributed by atoms with Crippen molar-refractivity contribution in [2.75, 3.05) is 20.2 Å². The number of hydrogen-bond donors (Lipinski definition) is 0. The summed E-state index contributed by atoms with van der Waals surface area (Å²) in [5.74, 6) is 0.434. The molecule has 9 heteroatoms. The number of amides is 1. The van der Waals surface area contributed by atoms with E-state index in [4.69, 9.17) is 27.9 Å². The fraction of sp³-hybridized carbons (Fsp3) is 0.269. The third kappa shape index (κ3) is 4.56. The van der Waals surface area contributed by atoms with Crippen molar-refractivity contribution in [3.05, 3.63) is 94.6 Å². The van der Waals surface area contributed by atoms with Crippen molar-refractivity contribution in [1.82, 2.24) is 9.47 Å². The summed E-state index contributed by atoms with van der Waals surface area (Å²) in [5, 5.41) is 0.776. The van der Waals surface area contributed by atoms with Gasteiger partial charge in [-0.1, -0.05) is 64.9 Å². The SMILES string of the molecule is CCN(CC)C(=O)C1=C(C)N=c2s/c(=C/c3cccc(Cl)c3Cl)c(=O)n2[C@H]1c1ccccc1OC. The standard InChI is InChI=1S/C26H25Cl2N3O3S/c1-5-30(6-2)25(33)21-15(3)29-26-31(23(21)17-11-7-8-13-19(17)34-4)24(32)20(35-26)14-16-10-9-12-18(27)22(16)28/h7-14,23H,5-6H2,1-4H3/b20-14+/t23-/m0/s1. The molecule has 1 amide bonds. The number of carbonyl (C=O) groups is 1. The molecule has 0 fully saturated rings. The minimum Gasteiger partial charge on any atom is -0.496 e. The highest BCUT2D eigenvalue weighted by Crippen LogP contribution is 2.36. The van der Waals surface area contributed by atoms with E-state index in [1.807, 2.05) is 45.0 Å². The Morgan fingerprint density at radius 2 is 1.89 bits per heavy atom. The summed E-state index contributed by atoms with van der Waals surface area (Å²) in [5.41, 5.74) is 2.11. The van der Waals surface area contributed by atoms with Crippen molar-refractivity contribution >= 4 is 46.5 Å². The lowest BCUT2D eigenvalue weighted by molar-refractivity contribution is -0.127. The van der Waals surface area contributed by atoms with Crippen molar-refractivity contribution in [3.8, 4) is 5.75 Å². The van der Waals surface area contributed by atoms with Crippen molar-refractivity contribution in [2.24, 2.45) is 4.99 Å². The zero-order valence-corrected chi connectivity index (χ0v) is 22.2. The maximum Gasteiger partial charge on any atom is 0.271 e. The van der Waals surface area contributed by atoms with E-state index >= 15 is 0 Å². The lowest BCUT2D eigenvalue weighted by Gasteiger charge is -2.29. The second-order valence-corrected chi connectivity index (χ2v) is 9.74. The number of hydrogen-bond acceptors (Lipinski definition) is 5. The summed E-state index contributed by atoms with van der Waals surface area (Å²) >= 11 is 13.8. The first-order valence-electron chi connectivity index (χ1n) is 11.2. The molecule has 0 unspecified atom stereocenters. The molecule has 1 aliphatic rings. The summed E-state index contributed by atoms with van der Waals surface area (Å²) in [6.45, 7) is 6.76. The van der Waals surface area contributed by atoms with Gasteiger partial charge in [0.25, 0.3) is 11.5 Å². The largest absolute Gasteiger partial charge is 0.496 e. The second kappa shape index (κ2) is 10.4. The first-order chi connectivity index (χ1) is 16.8. The Morgan fingerprint density at radius 3 is 2.57 bits per heavy atom. The monoisotopic (exact) mass is 529 g/mol.